The molecule has 0 bridgehead atoms. The molecule has 0 fully saturated rings. The van der Waals surface area contributed by atoms with Gasteiger partial charge in [-0.15, -0.1) is 0 Å². The van der Waals surface area contributed by atoms with Crippen LogP contribution in [0.15, 0.2) is 21.7 Å². The Bertz CT molecular complexity index is 1240. The summed E-state index contributed by atoms with van der Waals surface area (Å²) < 4.78 is 3.49. The van der Waals surface area contributed by atoms with Crippen molar-refractivity contribution in [3.8, 4) is 11.5 Å². The van der Waals surface area contributed by atoms with E-state index in [-0.39, 0.29) is 37.1 Å². The lowest BCUT2D eigenvalue weighted by Crippen LogP contribution is -2.45. The highest BCUT2D eigenvalue weighted by molar-refractivity contribution is 5.81. The highest BCUT2D eigenvalue weighted by atomic mass is 16.2. The molecule has 1 amide bonds. The molecule has 0 aliphatic carbocycles. The minimum absolute atomic E-state index is 0.128. The van der Waals surface area contributed by atoms with Crippen molar-refractivity contribution in [3.63, 3.8) is 0 Å². The van der Waals surface area contributed by atoms with Crippen LogP contribution >= 0.6 is 0 Å². The van der Waals surface area contributed by atoms with Gasteiger partial charge in [-0.1, -0.05) is 0 Å². The van der Waals surface area contributed by atoms with E-state index in [4.69, 9.17) is 5.84 Å². The van der Waals surface area contributed by atoms with E-state index in [1.165, 1.54) is 6.92 Å². The third-order valence-electron chi connectivity index (χ3n) is 5.42. The fourth-order valence-electron chi connectivity index (χ4n) is 3.31. The molecule has 2 N–H and O–H groups in total. The van der Waals surface area contributed by atoms with Gasteiger partial charge in [-0.05, 0) is 37.1 Å². The van der Waals surface area contributed by atoms with Crippen LogP contribution < -0.4 is 17.1 Å². The van der Waals surface area contributed by atoms with E-state index in [0.717, 1.165) is 26.2 Å². The number of quaternary nitrogens is 1. The van der Waals surface area contributed by atoms with Crippen molar-refractivity contribution in [2.24, 2.45) is 5.84 Å². The first-order valence-electron chi connectivity index (χ1n) is 10.1. The van der Waals surface area contributed by atoms with Gasteiger partial charge in [-0.25, -0.2) is 15.6 Å². The van der Waals surface area contributed by atoms with Crippen molar-refractivity contribution in [1.82, 2.24) is 24.1 Å². The number of nitrogens with zero attached hydrogens (tertiary/aromatic N) is 6. The Morgan fingerprint density at radius 1 is 1.06 bits per heavy atom. The molecule has 31 heavy (non-hydrogen) atoms. The average Bonchev–Trinajstić information content (AvgIpc) is 2.66. The summed E-state index contributed by atoms with van der Waals surface area (Å²) in [6.45, 7) is 6.63. The summed E-state index contributed by atoms with van der Waals surface area (Å²) in [7, 11) is 5.97. The number of aromatic nitrogens is 4. The zero-order valence-electron chi connectivity index (χ0n) is 19.0. The van der Waals surface area contributed by atoms with Crippen LogP contribution in [0.4, 0.5) is 0 Å². The molecule has 3 rings (SSSR count). The van der Waals surface area contributed by atoms with E-state index in [1.54, 1.807) is 4.57 Å². The number of hydrogen-bond donors (Lipinski definition) is 1. The lowest BCUT2D eigenvalue weighted by molar-refractivity contribution is -0.871. The summed E-state index contributed by atoms with van der Waals surface area (Å²) in [5.74, 6) is 5.69. The Morgan fingerprint density at radius 2 is 1.71 bits per heavy atom. The molecule has 10 heteroatoms. The summed E-state index contributed by atoms with van der Waals surface area (Å²) in [5, 5.41) is 1.09. The number of aryl methyl sites for hydroxylation is 2. The number of carbonyl (C=O) groups excluding carboxylic acids is 1. The topological polar surface area (TPSA) is 116 Å². The van der Waals surface area contributed by atoms with Gasteiger partial charge in [0.2, 0.25) is 5.91 Å². The van der Waals surface area contributed by atoms with Crippen molar-refractivity contribution in [3.05, 3.63) is 44.1 Å². The predicted molar refractivity (Wildman–Crippen MR) is 119 cm³/mol. The molecule has 10 nitrogen and oxygen atoms in total. The van der Waals surface area contributed by atoms with Crippen molar-refractivity contribution < 1.29 is 9.28 Å². The maximum atomic E-state index is 13.2. The van der Waals surface area contributed by atoms with Gasteiger partial charge in [0.05, 0.1) is 51.8 Å². The van der Waals surface area contributed by atoms with Crippen LogP contribution in [-0.2, 0) is 17.9 Å². The zero-order valence-corrected chi connectivity index (χ0v) is 19.0. The molecule has 1 aromatic rings. The number of fused-ring (bicyclic) bond motifs is 2. The quantitative estimate of drug-likeness (QED) is 0.196. The minimum Gasteiger partial charge on any atom is -0.329 e. The average molecular weight is 429 g/mol. The van der Waals surface area contributed by atoms with Crippen LogP contribution in [0, 0.1) is 13.8 Å². The fraction of sp³-hybridized carbons (Fsp3) is 0.476. The molecule has 2 aliphatic heterocycles. The van der Waals surface area contributed by atoms with Crippen LogP contribution in [0.5, 0.6) is 0 Å². The summed E-state index contributed by atoms with van der Waals surface area (Å²) in [6.07, 6.45) is 0. The van der Waals surface area contributed by atoms with Crippen molar-refractivity contribution in [1.29, 1.82) is 0 Å². The number of amides is 1. The molecule has 1 aromatic carbocycles. The van der Waals surface area contributed by atoms with Crippen LogP contribution in [0.3, 0.4) is 0 Å². The molecule has 2 heterocycles. The summed E-state index contributed by atoms with van der Waals surface area (Å²) in [5.41, 5.74) is 2.48. The number of likely N-dealkylation sites (N-methyl/N-ethyl adjacent to an activating group) is 1. The molecule has 0 saturated carbocycles. The highest BCUT2D eigenvalue weighted by Crippen LogP contribution is 2.23. The van der Waals surface area contributed by atoms with Gasteiger partial charge < -0.3 is 9.05 Å². The van der Waals surface area contributed by atoms with Gasteiger partial charge in [0.15, 0.2) is 11.5 Å². The van der Waals surface area contributed by atoms with Crippen molar-refractivity contribution >= 4 is 16.9 Å². The van der Waals surface area contributed by atoms with Crippen molar-refractivity contribution in [2.45, 2.75) is 33.9 Å². The molecule has 0 aromatic heterocycles. The summed E-state index contributed by atoms with van der Waals surface area (Å²) in [6, 6.07) is 3.85. The SMILES string of the molecule is CC(=O)N(N)CCn1c2nc(=O)n(CC[N+](C)(C)C)c(=O)c-2nc2cc(C)c(C)cc21. The Labute approximate surface area is 180 Å². The van der Waals surface area contributed by atoms with E-state index in [1.807, 2.05) is 47.1 Å². The van der Waals surface area contributed by atoms with Gasteiger partial charge in [0, 0.05) is 13.5 Å². The van der Waals surface area contributed by atoms with Gasteiger partial charge in [0.25, 0.3) is 5.56 Å². The van der Waals surface area contributed by atoms with E-state index >= 15 is 0 Å². The Morgan fingerprint density at radius 3 is 2.32 bits per heavy atom. The zero-order chi connectivity index (χ0) is 23.1. The van der Waals surface area contributed by atoms with E-state index in [0.29, 0.717) is 16.5 Å². The maximum absolute atomic E-state index is 13.2. The minimum atomic E-state index is -0.610. The van der Waals surface area contributed by atoms with Crippen molar-refractivity contribution in [2.75, 3.05) is 34.2 Å². The first-order valence-corrected chi connectivity index (χ1v) is 10.1. The smallest absolute Gasteiger partial charge is 0.329 e. The Kier molecular flexibility index (Phi) is 5.97. The molecule has 0 saturated heterocycles. The molecular formula is C21H30N7O3+. The molecular weight excluding hydrogens is 398 g/mol. The van der Waals surface area contributed by atoms with Gasteiger partial charge >= 0.3 is 5.69 Å². The number of hydrogen-bond acceptors (Lipinski definition) is 6. The highest BCUT2D eigenvalue weighted by Gasteiger charge is 2.23. The Hall–Kier alpha value is -3.11. The van der Waals surface area contributed by atoms with Gasteiger partial charge in [0.1, 0.15) is 0 Å². The second-order valence-corrected chi connectivity index (χ2v) is 8.94. The number of carbonyl (C=O) groups is 1. The number of nitrogens with two attached hydrogens (primary N) is 1. The van der Waals surface area contributed by atoms with Gasteiger partial charge in [-0.2, -0.15) is 4.98 Å². The normalized spacial score (nSPS) is 12.0. The number of rotatable bonds is 6. The lowest BCUT2D eigenvalue weighted by atomic mass is 10.1. The van der Waals surface area contributed by atoms with Crippen LogP contribution in [0.25, 0.3) is 22.6 Å². The molecule has 0 spiro atoms. The van der Waals surface area contributed by atoms with E-state index in [2.05, 4.69) is 9.97 Å². The fourth-order valence-corrected chi connectivity index (χ4v) is 3.31. The third-order valence-corrected chi connectivity index (χ3v) is 5.42. The molecule has 166 valence electrons. The van der Waals surface area contributed by atoms with E-state index in [9.17, 15) is 14.4 Å². The molecule has 0 radical (unpaired) electrons. The standard InChI is InChI=1S/C21H30N7O3/c1-13-11-16-17(12-14(13)2)25(7-8-27(22)15(3)29)19-18(23-16)20(30)26(21(31)24-19)9-10-28(4,5)6/h11-12H,7-10,22H2,1-6H3/q+1. The summed E-state index contributed by atoms with van der Waals surface area (Å²) in [4.78, 5) is 46.3. The van der Waals surface area contributed by atoms with Crippen LogP contribution in [-0.4, -0.2) is 68.7 Å². The van der Waals surface area contributed by atoms with Gasteiger partial charge in [-0.3, -0.25) is 19.2 Å². The molecule has 0 unspecified atom stereocenters. The number of hydrazine groups is 1. The van der Waals surface area contributed by atoms with Crippen LogP contribution in [0.2, 0.25) is 0 Å². The first-order chi connectivity index (χ1) is 14.4. The largest absolute Gasteiger partial charge is 0.352 e. The third kappa shape index (κ3) is 4.64. The van der Waals surface area contributed by atoms with Crippen LogP contribution in [0.1, 0.15) is 18.1 Å². The maximum Gasteiger partial charge on any atom is 0.352 e. The second-order valence-electron chi connectivity index (χ2n) is 8.94. The number of benzene rings is 1. The Balaban J connectivity index is 2.26. The molecule has 0 atom stereocenters. The first kappa shape index (κ1) is 22.6. The second kappa shape index (κ2) is 8.20. The monoisotopic (exact) mass is 428 g/mol. The molecule has 2 aliphatic rings. The van der Waals surface area contributed by atoms with E-state index < -0.39 is 11.2 Å². The summed E-state index contributed by atoms with van der Waals surface area (Å²) >= 11 is 0. The lowest BCUT2D eigenvalue weighted by Gasteiger charge is -2.24. The predicted octanol–water partition coefficient (Wildman–Crippen LogP) is 0.103.